The third-order valence-corrected chi connectivity index (χ3v) is 6.75. The molecule has 188 valence electrons. The monoisotopic (exact) mass is 518 g/mol. The quantitative estimate of drug-likeness (QED) is 0.185. The lowest BCUT2D eigenvalue weighted by molar-refractivity contribution is -0.139. The van der Waals surface area contributed by atoms with Crippen molar-refractivity contribution < 1.29 is 19.4 Å². The number of carbonyl (C=O) groups excluding carboxylic acids is 2. The van der Waals surface area contributed by atoms with Gasteiger partial charge in [0, 0.05) is 12.1 Å². The number of aliphatic hydroxyl groups is 1. The maximum absolute atomic E-state index is 13.2. The number of Topliss-reactive ketones (excluding diaryl/α,β-unsaturated/α-hetero) is 1. The fourth-order valence-corrected chi connectivity index (χ4v) is 4.44. The van der Waals surface area contributed by atoms with Gasteiger partial charge in [-0.3, -0.25) is 9.59 Å². The van der Waals surface area contributed by atoms with Crippen molar-refractivity contribution in [2.75, 3.05) is 33.8 Å². The van der Waals surface area contributed by atoms with Crippen molar-refractivity contribution in [2.24, 2.45) is 0 Å². The Kier molecular flexibility index (Phi) is 9.22. The maximum atomic E-state index is 13.2. The first-order valence-corrected chi connectivity index (χ1v) is 12.5. The van der Waals surface area contributed by atoms with Crippen LogP contribution in [-0.2, 0) is 9.59 Å². The molecular weight excluding hydrogens is 487 g/mol. The average Bonchev–Trinajstić information content (AvgIpc) is 3.06. The van der Waals surface area contributed by atoms with Gasteiger partial charge in [0.15, 0.2) is 0 Å². The number of hydrogen-bond donors (Lipinski definition) is 1. The molecular formula is C27H32Cl2N2O4. The topological polar surface area (TPSA) is 70.1 Å². The van der Waals surface area contributed by atoms with Crippen LogP contribution in [0, 0.1) is 6.92 Å². The Morgan fingerprint density at radius 1 is 1.09 bits per heavy atom. The standard InChI is InChI=1S/C27H32Cl2N2O4/c1-5-6-14-35-22-11-9-19(15-17(22)2)25(32)23-24(18-8-10-20(28)21(29)16-18)31(27(34)26(23)33)13-7-12-30(3)4/h8-11,15-16,24,32H,5-7,12-14H2,1-4H3/t24-/m0/s1. The number of halogens is 2. The van der Waals surface area contributed by atoms with Gasteiger partial charge in [-0.25, -0.2) is 0 Å². The van der Waals surface area contributed by atoms with Crippen molar-refractivity contribution in [3.8, 4) is 5.75 Å². The summed E-state index contributed by atoms with van der Waals surface area (Å²) in [5, 5.41) is 12.0. The van der Waals surface area contributed by atoms with E-state index in [1.807, 2.05) is 25.9 Å². The zero-order valence-corrected chi connectivity index (χ0v) is 22.1. The molecule has 1 atom stereocenters. The molecule has 0 aromatic heterocycles. The van der Waals surface area contributed by atoms with Crippen LogP contribution in [0.15, 0.2) is 42.0 Å². The number of nitrogens with zero attached hydrogens (tertiary/aromatic N) is 2. The lowest BCUT2D eigenvalue weighted by Gasteiger charge is -2.26. The molecule has 0 aliphatic carbocycles. The van der Waals surface area contributed by atoms with E-state index in [2.05, 4.69) is 6.92 Å². The second kappa shape index (κ2) is 11.9. The van der Waals surface area contributed by atoms with Gasteiger partial charge < -0.3 is 19.6 Å². The Labute approximate surface area is 217 Å². The van der Waals surface area contributed by atoms with Gasteiger partial charge in [-0.15, -0.1) is 0 Å². The van der Waals surface area contributed by atoms with Crippen LogP contribution in [0.3, 0.4) is 0 Å². The first kappa shape index (κ1) is 27.1. The lowest BCUT2D eigenvalue weighted by Crippen LogP contribution is -2.32. The van der Waals surface area contributed by atoms with Gasteiger partial charge in [0.25, 0.3) is 11.7 Å². The Bertz CT molecular complexity index is 1130. The molecule has 1 saturated heterocycles. The molecule has 0 radical (unpaired) electrons. The molecule has 35 heavy (non-hydrogen) atoms. The van der Waals surface area contributed by atoms with Gasteiger partial charge in [0.2, 0.25) is 0 Å². The van der Waals surface area contributed by atoms with E-state index in [9.17, 15) is 14.7 Å². The van der Waals surface area contributed by atoms with E-state index in [-0.39, 0.29) is 11.3 Å². The van der Waals surface area contributed by atoms with Crippen molar-refractivity contribution in [3.63, 3.8) is 0 Å². The zero-order valence-electron chi connectivity index (χ0n) is 20.6. The van der Waals surface area contributed by atoms with Crippen LogP contribution in [0.1, 0.15) is 48.9 Å². The number of amides is 1. The number of aryl methyl sites for hydroxylation is 1. The fourth-order valence-electron chi connectivity index (χ4n) is 4.14. The van der Waals surface area contributed by atoms with Crippen LogP contribution in [-0.4, -0.2) is 60.4 Å². The molecule has 2 aromatic rings. The van der Waals surface area contributed by atoms with E-state index in [1.165, 1.54) is 4.90 Å². The molecule has 2 aromatic carbocycles. The van der Waals surface area contributed by atoms with E-state index in [1.54, 1.807) is 36.4 Å². The summed E-state index contributed by atoms with van der Waals surface area (Å²) >= 11 is 12.4. The van der Waals surface area contributed by atoms with Crippen molar-refractivity contribution in [1.82, 2.24) is 9.80 Å². The maximum Gasteiger partial charge on any atom is 0.295 e. The SMILES string of the molecule is CCCCOc1ccc(C(O)=C2C(=O)C(=O)N(CCCN(C)C)[C@H]2c2ccc(Cl)c(Cl)c2)cc1C. The van der Waals surface area contributed by atoms with Gasteiger partial charge >= 0.3 is 0 Å². The molecule has 1 N–H and O–H groups in total. The van der Waals surface area contributed by atoms with Gasteiger partial charge in [-0.2, -0.15) is 0 Å². The largest absolute Gasteiger partial charge is 0.507 e. The predicted molar refractivity (Wildman–Crippen MR) is 140 cm³/mol. The minimum atomic E-state index is -0.771. The number of ether oxygens (including phenoxy) is 1. The molecule has 1 aliphatic heterocycles. The Balaban J connectivity index is 2.05. The number of unbranched alkanes of at least 4 members (excludes halogenated alkanes) is 1. The van der Waals surface area contributed by atoms with Crippen molar-refractivity contribution >= 4 is 40.7 Å². The van der Waals surface area contributed by atoms with E-state index in [0.29, 0.717) is 40.7 Å². The Morgan fingerprint density at radius 2 is 1.83 bits per heavy atom. The van der Waals surface area contributed by atoms with Crippen LogP contribution in [0.25, 0.3) is 5.76 Å². The van der Waals surface area contributed by atoms with E-state index in [0.717, 1.165) is 30.7 Å². The number of hydrogen-bond acceptors (Lipinski definition) is 5. The number of aliphatic hydroxyl groups excluding tert-OH is 1. The summed E-state index contributed by atoms with van der Waals surface area (Å²) in [6, 6.07) is 9.48. The normalized spacial score (nSPS) is 17.5. The fraction of sp³-hybridized carbons (Fsp3) is 0.407. The predicted octanol–water partition coefficient (Wildman–Crippen LogP) is 5.85. The summed E-state index contributed by atoms with van der Waals surface area (Å²) in [6.07, 6.45) is 2.64. The van der Waals surface area contributed by atoms with Gasteiger partial charge in [-0.1, -0.05) is 42.6 Å². The van der Waals surface area contributed by atoms with Gasteiger partial charge in [-0.05, 0) is 81.9 Å². The molecule has 1 amide bonds. The summed E-state index contributed by atoms with van der Waals surface area (Å²) < 4.78 is 5.81. The van der Waals surface area contributed by atoms with Gasteiger partial charge in [0.1, 0.15) is 11.5 Å². The van der Waals surface area contributed by atoms with Crippen molar-refractivity contribution in [1.29, 1.82) is 0 Å². The molecule has 6 nitrogen and oxygen atoms in total. The summed E-state index contributed by atoms with van der Waals surface area (Å²) in [6.45, 7) is 5.69. The number of benzene rings is 2. The third-order valence-electron chi connectivity index (χ3n) is 6.01. The molecule has 1 aliphatic rings. The van der Waals surface area contributed by atoms with Crippen LogP contribution in [0.2, 0.25) is 10.0 Å². The van der Waals surface area contributed by atoms with Crippen LogP contribution in [0.5, 0.6) is 5.75 Å². The van der Waals surface area contributed by atoms with E-state index < -0.39 is 17.7 Å². The zero-order chi connectivity index (χ0) is 25.7. The molecule has 1 heterocycles. The molecule has 0 spiro atoms. The van der Waals surface area contributed by atoms with Crippen molar-refractivity contribution in [2.45, 2.75) is 39.2 Å². The highest BCUT2D eigenvalue weighted by Crippen LogP contribution is 2.41. The summed E-state index contributed by atoms with van der Waals surface area (Å²) in [4.78, 5) is 29.8. The van der Waals surface area contributed by atoms with Crippen LogP contribution < -0.4 is 4.74 Å². The highest BCUT2D eigenvalue weighted by atomic mass is 35.5. The number of likely N-dealkylation sites (tertiary alicyclic amines) is 1. The number of carbonyl (C=O) groups is 2. The van der Waals surface area contributed by atoms with Crippen LogP contribution >= 0.6 is 23.2 Å². The van der Waals surface area contributed by atoms with Gasteiger partial charge in [0.05, 0.1) is 28.3 Å². The first-order chi connectivity index (χ1) is 16.6. The molecule has 3 rings (SSSR count). The Hall–Kier alpha value is -2.54. The summed E-state index contributed by atoms with van der Waals surface area (Å²) in [5.74, 6) is -0.861. The summed E-state index contributed by atoms with van der Waals surface area (Å²) in [5.41, 5.74) is 1.93. The summed E-state index contributed by atoms with van der Waals surface area (Å²) in [7, 11) is 3.89. The first-order valence-electron chi connectivity index (χ1n) is 11.8. The molecule has 0 unspecified atom stereocenters. The average molecular weight is 519 g/mol. The van der Waals surface area contributed by atoms with E-state index in [4.69, 9.17) is 27.9 Å². The third kappa shape index (κ3) is 6.18. The van der Waals surface area contributed by atoms with Crippen molar-refractivity contribution in [3.05, 3.63) is 68.7 Å². The highest BCUT2D eigenvalue weighted by Gasteiger charge is 2.46. The molecule has 8 heteroatoms. The minimum absolute atomic E-state index is 0.0392. The number of ketones is 1. The highest BCUT2D eigenvalue weighted by molar-refractivity contribution is 6.46. The number of rotatable bonds is 10. The Morgan fingerprint density at radius 3 is 2.46 bits per heavy atom. The van der Waals surface area contributed by atoms with Crippen LogP contribution in [0.4, 0.5) is 0 Å². The second-order valence-electron chi connectivity index (χ2n) is 9.01. The minimum Gasteiger partial charge on any atom is -0.507 e. The van der Waals surface area contributed by atoms with E-state index >= 15 is 0 Å². The molecule has 1 fully saturated rings. The molecule has 0 saturated carbocycles. The second-order valence-corrected chi connectivity index (χ2v) is 9.82. The lowest BCUT2D eigenvalue weighted by atomic mass is 9.94. The molecule has 0 bridgehead atoms. The smallest absolute Gasteiger partial charge is 0.295 e.